The maximum atomic E-state index is 11.2. The van der Waals surface area contributed by atoms with Crippen molar-refractivity contribution in [2.75, 3.05) is 0 Å². The van der Waals surface area contributed by atoms with Gasteiger partial charge in [-0.05, 0) is 47.1 Å². The maximum Gasteiger partial charge on any atom is 0.345 e. The molecule has 0 aliphatic heterocycles. The molecule has 0 fully saturated rings. The first kappa shape index (κ1) is 15.8. The summed E-state index contributed by atoms with van der Waals surface area (Å²) < 4.78 is 0. The second kappa shape index (κ2) is 6.02. The number of rotatable bonds is 4. The molecule has 0 atom stereocenters. The largest absolute Gasteiger partial charge is 0.477 e. The fourth-order valence-electron chi connectivity index (χ4n) is 2.48. The quantitative estimate of drug-likeness (QED) is 0.790. The highest BCUT2D eigenvalue weighted by molar-refractivity contribution is 7.17. The monoisotopic (exact) mass is 302 g/mol. The van der Waals surface area contributed by atoms with Gasteiger partial charge in [0.15, 0.2) is 0 Å². The van der Waals surface area contributed by atoms with E-state index in [2.05, 4.69) is 45.9 Å². The summed E-state index contributed by atoms with van der Waals surface area (Å²) in [5.41, 5.74) is 4.83. The van der Waals surface area contributed by atoms with Crippen LogP contribution in [-0.4, -0.2) is 11.1 Å². The third-order valence-electron chi connectivity index (χ3n) is 3.74. The normalized spacial score (nSPS) is 11.4. The number of aryl methyl sites for hydroxylation is 1. The van der Waals surface area contributed by atoms with Gasteiger partial charge in [0.1, 0.15) is 4.88 Å². The van der Waals surface area contributed by atoms with E-state index in [0.717, 1.165) is 10.4 Å². The summed E-state index contributed by atoms with van der Waals surface area (Å²) in [4.78, 5) is 12.7. The van der Waals surface area contributed by atoms with E-state index in [1.54, 1.807) is 6.07 Å². The summed E-state index contributed by atoms with van der Waals surface area (Å²) in [6.45, 7) is 10.7. The van der Waals surface area contributed by atoms with Crippen LogP contribution in [0.3, 0.4) is 0 Å². The van der Waals surface area contributed by atoms with Gasteiger partial charge in [-0.3, -0.25) is 0 Å². The van der Waals surface area contributed by atoms with Gasteiger partial charge in [0.05, 0.1) is 0 Å². The first-order valence-corrected chi connectivity index (χ1v) is 8.10. The lowest BCUT2D eigenvalue weighted by atomic mass is 9.90. The smallest absolute Gasteiger partial charge is 0.345 e. The molecule has 0 spiro atoms. The van der Waals surface area contributed by atoms with Crippen LogP contribution < -0.4 is 0 Å². The van der Waals surface area contributed by atoms with E-state index in [9.17, 15) is 9.90 Å². The molecule has 21 heavy (non-hydrogen) atoms. The van der Waals surface area contributed by atoms with Crippen molar-refractivity contribution in [3.63, 3.8) is 0 Å². The minimum Gasteiger partial charge on any atom is -0.477 e. The highest BCUT2D eigenvalue weighted by atomic mass is 32.1. The molecule has 2 rings (SSSR count). The van der Waals surface area contributed by atoms with Crippen LogP contribution in [0.2, 0.25) is 0 Å². The summed E-state index contributed by atoms with van der Waals surface area (Å²) in [5, 5.41) is 9.18. The van der Waals surface area contributed by atoms with Crippen molar-refractivity contribution in [1.82, 2.24) is 0 Å². The van der Waals surface area contributed by atoms with Crippen LogP contribution in [0.5, 0.6) is 0 Å². The highest BCUT2D eigenvalue weighted by Crippen LogP contribution is 2.38. The molecule has 2 nitrogen and oxygen atoms in total. The standard InChI is InChI=1S/C18H22O2S/c1-10(2)13-6-7-14(15(9-13)11(3)4)17-12(5)8-16(21-17)18(19)20/h6-11H,1-5H3,(H,19,20). The van der Waals surface area contributed by atoms with Crippen molar-refractivity contribution >= 4 is 17.3 Å². The first-order valence-electron chi connectivity index (χ1n) is 7.29. The molecule has 0 bridgehead atoms. The Bertz CT molecular complexity index is 666. The van der Waals surface area contributed by atoms with E-state index in [-0.39, 0.29) is 0 Å². The van der Waals surface area contributed by atoms with E-state index in [1.165, 1.54) is 28.0 Å². The number of hydrogen-bond donors (Lipinski definition) is 1. The molecule has 1 aromatic heterocycles. The Morgan fingerprint density at radius 3 is 2.24 bits per heavy atom. The molecule has 112 valence electrons. The average Bonchev–Trinajstić information content (AvgIpc) is 2.80. The lowest BCUT2D eigenvalue weighted by Crippen LogP contribution is -1.96. The summed E-state index contributed by atoms with van der Waals surface area (Å²) in [5.74, 6) is 0.0586. The number of hydrogen-bond acceptors (Lipinski definition) is 2. The molecular formula is C18H22O2S. The number of carboxylic acids is 1. The molecule has 1 N–H and O–H groups in total. The van der Waals surface area contributed by atoms with E-state index in [4.69, 9.17) is 0 Å². The molecule has 3 heteroatoms. The Hall–Kier alpha value is -1.61. The van der Waals surface area contributed by atoms with Crippen molar-refractivity contribution in [3.05, 3.63) is 45.8 Å². The van der Waals surface area contributed by atoms with Crippen LogP contribution >= 0.6 is 11.3 Å². The van der Waals surface area contributed by atoms with Crippen LogP contribution in [0.25, 0.3) is 10.4 Å². The van der Waals surface area contributed by atoms with E-state index >= 15 is 0 Å². The SMILES string of the molecule is Cc1cc(C(=O)O)sc1-c1ccc(C(C)C)cc1C(C)C. The zero-order valence-corrected chi connectivity index (χ0v) is 14.0. The van der Waals surface area contributed by atoms with Gasteiger partial charge in [-0.25, -0.2) is 4.79 Å². The zero-order valence-electron chi connectivity index (χ0n) is 13.2. The van der Waals surface area contributed by atoms with Gasteiger partial charge in [-0.15, -0.1) is 11.3 Å². The molecule has 2 aromatic rings. The predicted molar refractivity (Wildman–Crippen MR) is 89.6 cm³/mol. The van der Waals surface area contributed by atoms with Crippen molar-refractivity contribution in [1.29, 1.82) is 0 Å². The number of benzene rings is 1. The topological polar surface area (TPSA) is 37.3 Å². The van der Waals surface area contributed by atoms with Gasteiger partial charge < -0.3 is 5.11 Å². The Morgan fingerprint density at radius 2 is 1.76 bits per heavy atom. The van der Waals surface area contributed by atoms with Gasteiger partial charge in [0.2, 0.25) is 0 Å². The Morgan fingerprint density at radius 1 is 1.10 bits per heavy atom. The molecule has 0 amide bonds. The fraction of sp³-hybridized carbons (Fsp3) is 0.389. The molecule has 1 aromatic carbocycles. The summed E-state index contributed by atoms with van der Waals surface area (Å²) >= 11 is 1.37. The Balaban J connectivity index is 2.60. The Kier molecular flexibility index (Phi) is 4.52. The zero-order chi connectivity index (χ0) is 15.7. The van der Waals surface area contributed by atoms with E-state index < -0.39 is 5.97 Å². The van der Waals surface area contributed by atoms with E-state index in [0.29, 0.717) is 16.7 Å². The van der Waals surface area contributed by atoms with Crippen molar-refractivity contribution in [2.24, 2.45) is 0 Å². The van der Waals surface area contributed by atoms with Crippen LogP contribution in [0.4, 0.5) is 0 Å². The van der Waals surface area contributed by atoms with Crippen molar-refractivity contribution < 1.29 is 9.90 Å². The highest BCUT2D eigenvalue weighted by Gasteiger charge is 2.17. The second-order valence-corrected chi connectivity index (χ2v) is 7.14. The van der Waals surface area contributed by atoms with E-state index in [1.807, 2.05) is 6.92 Å². The van der Waals surface area contributed by atoms with Crippen LogP contribution in [0.15, 0.2) is 24.3 Å². The molecule has 0 unspecified atom stereocenters. The summed E-state index contributed by atoms with van der Waals surface area (Å²) in [7, 11) is 0. The third kappa shape index (κ3) is 3.18. The van der Waals surface area contributed by atoms with Gasteiger partial charge >= 0.3 is 5.97 Å². The molecule has 1 heterocycles. The van der Waals surface area contributed by atoms with Crippen LogP contribution in [-0.2, 0) is 0 Å². The number of thiophene rings is 1. The molecular weight excluding hydrogens is 280 g/mol. The van der Waals surface area contributed by atoms with Gasteiger partial charge in [-0.2, -0.15) is 0 Å². The molecule has 0 saturated carbocycles. The number of carboxylic acid groups (broad SMARTS) is 1. The average molecular weight is 302 g/mol. The molecule has 0 radical (unpaired) electrons. The van der Waals surface area contributed by atoms with Crippen LogP contribution in [0, 0.1) is 6.92 Å². The molecule has 0 saturated heterocycles. The summed E-state index contributed by atoms with van der Waals surface area (Å²) in [6, 6.07) is 8.34. The van der Waals surface area contributed by atoms with Gasteiger partial charge in [0.25, 0.3) is 0 Å². The van der Waals surface area contributed by atoms with Crippen LogP contribution in [0.1, 0.15) is 65.9 Å². The summed E-state index contributed by atoms with van der Waals surface area (Å²) in [6.07, 6.45) is 0. The first-order chi connectivity index (χ1) is 9.81. The number of carbonyl (C=O) groups is 1. The Labute approximate surface area is 130 Å². The van der Waals surface area contributed by atoms with Gasteiger partial charge in [0, 0.05) is 4.88 Å². The predicted octanol–water partition coefficient (Wildman–Crippen LogP) is 5.67. The number of aromatic carboxylic acids is 1. The lowest BCUT2D eigenvalue weighted by Gasteiger charge is -2.16. The second-order valence-electron chi connectivity index (χ2n) is 6.08. The minimum atomic E-state index is -0.848. The van der Waals surface area contributed by atoms with Crippen molar-refractivity contribution in [3.8, 4) is 10.4 Å². The maximum absolute atomic E-state index is 11.2. The van der Waals surface area contributed by atoms with Crippen molar-refractivity contribution in [2.45, 2.75) is 46.5 Å². The minimum absolute atomic E-state index is 0.408. The van der Waals surface area contributed by atoms with Gasteiger partial charge in [-0.1, -0.05) is 45.9 Å². The lowest BCUT2D eigenvalue weighted by molar-refractivity contribution is 0.0702. The fourth-order valence-corrected chi connectivity index (χ4v) is 3.54. The molecule has 0 aliphatic rings. The molecule has 0 aliphatic carbocycles. The third-order valence-corrected chi connectivity index (χ3v) is 5.00.